The van der Waals surface area contributed by atoms with Gasteiger partial charge in [0.05, 0.1) is 19.2 Å². The van der Waals surface area contributed by atoms with Crippen LogP contribution >= 0.6 is 0 Å². The van der Waals surface area contributed by atoms with E-state index in [-0.39, 0.29) is 31.1 Å². The van der Waals surface area contributed by atoms with E-state index < -0.39 is 71.4 Å². The Morgan fingerprint density at radius 2 is 1.53 bits per heavy atom. The number of hydrogen-bond donors (Lipinski definition) is 5. The molecule has 0 aliphatic heterocycles. The lowest BCUT2D eigenvalue weighted by atomic mass is 9.82. The van der Waals surface area contributed by atoms with Gasteiger partial charge in [-0.15, -0.1) is 0 Å². The number of aliphatic hydroxyl groups is 1. The first-order chi connectivity index (χ1) is 22.7. The fourth-order valence-corrected chi connectivity index (χ4v) is 5.82. The molecule has 2 rings (SSSR count). The van der Waals surface area contributed by atoms with E-state index in [9.17, 15) is 24.3 Å². The maximum absolute atomic E-state index is 16.5. The molecule has 3 amide bonds. The zero-order valence-corrected chi connectivity index (χ0v) is 30.3. The normalized spacial score (nSPS) is 17.4. The molecule has 278 valence electrons. The lowest BCUT2D eigenvalue weighted by molar-refractivity contribution is -0.187. The second-order valence-corrected chi connectivity index (χ2v) is 15.0. The predicted octanol–water partition coefficient (Wildman–Crippen LogP) is 4.03. The number of esters is 1. The SMILES string of the molecule is COc1ccc(C[C@H](NC(=O)CC(C)C)C(=O)NC(CC2CCCCC2)C(O)C(F)(F)C(NC(=O)[C@@H](N)C(C)C)C(=O)OC(C)(C)C)cc1. The van der Waals surface area contributed by atoms with Crippen molar-refractivity contribution in [1.29, 1.82) is 0 Å². The van der Waals surface area contributed by atoms with Gasteiger partial charge < -0.3 is 36.3 Å². The first-order valence-corrected chi connectivity index (χ1v) is 17.3. The molecule has 1 aromatic carbocycles. The van der Waals surface area contributed by atoms with Gasteiger partial charge in [-0.2, -0.15) is 0 Å². The maximum Gasteiger partial charge on any atom is 0.335 e. The van der Waals surface area contributed by atoms with Crippen molar-refractivity contribution in [1.82, 2.24) is 16.0 Å². The third-order valence-electron chi connectivity index (χ3n) is 8.59. The Hall–Kier alpha value is -3.32. The van der Waals surface area contributed by atoms with Gasteiger partial charge in [0, 0.05) is 12.8 Å². The first kappa shape index (κ1) is 41.8. The molecule has 1 saturated carbocycles. The van der Waals surface area contributed by atoms with Crippen molar-refractivity contribution in [2.24, 2.45) is 23.5 Å². The van der Waals surface area contributed by atoms with E-state index in [2.05, 4.69) is 10.6 Å². The van der Waals surface area contributed by atoms with Gasteiger partial charge >= 0.3 is 11.9 Å². The molecule has 3 unspecified atom stereocenters. The largest absolute Gasteiger partial charge is 0.497 e. The highest BCUT2D eigenvalue weighted by Gasteiger charge is 2.56. The van der Waals surface area contributed by atoms with Crippen LogP contribution in [0.1, 0.15) is 99.0 Å². The standard InChI is InChI=1S/C36H58F2N4O7/c1-21(2)18-28(43)40-27(20-24-14-16-25(48-8)17-15-24)32(45)41-26(19-23-12-10-9-11-13-23)31(44)36(37,38)30(34(47)49-35(5,6)7)42-33(46)29(39)22(3)4/h14-17,21-23,26-27,29-31,44H,9-13,18-20,39H2,1-8H3,(H,40,43)(H,41,45)(H,42,46)/t26?,27-,29-,30?,31?/m0/s1. The van der Waals surface area contributed by atoms with Crippen molar-refractivity contribution in [3.05, 3.63) is 29.8 Å². The van der Waals surface area contributed by atoms with Crippen molar-refractivity contribution >= 4 is 23.7 Å². The van der Waals surface area contributed by atoms with Gasteiger partial charge in [-0.3, -0.25) is 14.4 Å². The number of carbonyl (C=O) groups excluding carboxylic acids is 4. The second kappa shape index (κ2) is 18.6. The van der Waals surface area contributed by atoms with Gasteiger partial charge in [-0.25, -0.2) is 13.6 Å². The summed E-state index contributed by atoms with van der Waals surface area (Å²) in [7, 11) is 1.52. The van der Waals surface area contributed by atoms with Crippen LogP contribution in [0, 0.1) is 17.8 Å². The van der Waals surface area contributed by atoms with Crippen LogP contribution in [0.15, 0.2) is 24.3 Å². The number of ether oxygens (including phenoxy) is 2. The first-order valence-electron chi connectivity index (χ1n) is 17.3. The molecule has 5 atom stereocenters. The number of carbonyl (C=O) groups is 4. The molecule has 1 aromatic rings. The molecule has 49 heavy (non-hydrogen) atoms. The Morgan fingerprint density at radius 3 is 2.04 bits per heavy atom. The number of methoxy groups -OCH3 is 1. The third-order valence-corrected chi connectivity index (χ3v) is 8.59. The second-order valence-electron chi connectivity index (χ2n) is 15.0. The molecule has 1 fully saturated rings. The lowest BCUT2D eigenvalue weighted by Gasteiger charge is -2.38. The van der Waals surface area contributed by atoms with E-state index in [4.69, 9.17) is 15.2 Å². The molecule has 0 aromatic heterocycles. The summed E-state index contributed by atoms with van der Waals surface area (Å²) in [6.45, 7) is 11.4. The van der Waals surface area contributed by atoms with Crippen molar-refractivity contribution in [2.75, 3.05) is 7.11 Å². The van der Waals surface area contributed by atoms with E-state index >= 15 is 8.78 Å². The number of benzene rings is 1. The molecule has 13 heteroatoms. The monoisotopic (exact) mass is 696 g/mol. The zero-order valence-electron chi connectivity index (χ0n) is 30.3. The van der Waals surface area contributed by atoms with E-state index in [1.54, 1.807) is 38.1 Å². The summed E-state index contributed by atoms with van der Waals surface area (Å²) in [5, 5.41) is 18.8. The number of alkyl halides is 2. The molecular weight excluding hydrogens is 638 g/mol. The number of aliphatic hydroxyl groups excluding tert-OH is 1. The van der Waals surface area contributed by atoms with Gasteiger partial charge in [0.15, 0.2) is 6.04 Å². The van der Waals surface area contributed by atoms with Crippen LogP contribution < -0.4 is 26.4 Å². The fourth-order valence-electron chi connectivity index (χ4n) is 5.82. The number of hydrogen-bond acceptors (Lipinski definition) is 8. The van der Waals surface area contributed by atoms with Crippen molar-refractivity contribution in [3.8, 4) is 5.75 Å². The molecule has 0 radical (unpaired) electrons. The topological polar surface area (TPSA) is 169 Å². The average Bonchev–Trinajstić information content (AvgIpc) is 3.01. The van der Waals surface area contributed by atoms with Gasteiger partial charge in [-0.05, 0) is 62.6 Å². The van der Waals surface area contributed by atoms with Gasteiger partial charge in [0.1, 0.15) is 23.5 Å². The highest BCUT2D eigenvalue weighted by atomic mass is 19.3. The molecule has 0 spiro atoms. The van der Waals surface area contributed by atoms with Crippen LogP contribution in [0.5, 0.6) is 5.75 Å². The molecule has 0 saturated heterocycles. The lowest BCUT2D eigenvalue weighted by Crippen LogP contribution is -2.66. The minimum atomic E-state index is -4.31. The Kier molecular flexibility index (Phi) is 15.9. The van der Waals surface area contributed by atoms with E-state index in [0.717, 1.165) is 19.3 Å². The highest BCUT2D eigenvalue weighted by molar-refractivity contribution is 5.89. The summed E-state index contributed by atoms with van der Waals surface area (Å²) >= 11 is 0. The molecule has 6 N–H and O–H groups in total. The average molecular weight is 697 g/mol. The van der Waals surface area contributed by atoms with E-state index in [0.29, 0.717) is 24.2 Å². The van der Waals surface area contributed by atoms with E-state index in [1.165, 1.54) is 27.9 Å². The van der Waals surface area contributed by atoms with Crippen molar-refractivity contribution in [3.63, 3.8) is 0 Å². The third kappa shape index (κ3) is 13.5. The van der Waals surface area contributed by atoms with Crippen molar-refractivity contribution < 1.29 is 42.5 Å². The molecule has 0 heterocycles. The Labute approximate surface area is 289 Å². The Balaban J connectivity index is 2.50. The molecular formula is C36H58F2N4O7. The van der Waals surface area contributed by atoms with Crippen LogP contribution in [0.3, 0.4) is 0 Å². The zero-order chi connectivity index (χ0) is 37.1. The summed E-state index contributed by atoms with van der Waals surface area (Å²) in [6.07, 6.45) is 1.67. The van der Waals surface area contributed by atoms with E-state index in [1.807, 2.05) is 19.2 Å². The summed E-state index contributed by atoms with van der Waals surface area (Å²) in [6, 6.07) is 0.318. The summed E-state index contributed by atoms with van der Waals surface area (Å²) < 4.78 is 43.5. The quantitative estimate of drug-likeness (QED) is 0.152. The van der Waals surface area contributed by atoms with Gasteiger partial charge in [0.2, 0.25) is 17.7 Å². The van der Waals surface area contributed by atoms with Crippen LogP contribution in [-0.2, 0) is 30.3 Å². The highest BCUT2D eigenvalue weighted by Crippen LogP contribution is 2.33. The van der Waals surface area contributed by atoms with Crippen LogP contribution in [-0.4, -0.2) is 77.7 Å². The van der Waals surface area contributed by atoms with Crippen LogP contribution in [0.2, 0.25) is 0 Å². The van der Waals surface area contributed by atoms with Crippen molar-refractivity contribution in [2.45, 2.75) is 142 Å². The maximum atomic E-state index is 16.5. The van der Waals surface area contributed by atoms with Crippen LogP contribution in [0.4, 0.5) is 8.78 Å². The summed E-state index contributed by atoms with van der Waals surface area (Å²) in [4.78, 5) is 52.9. The predicted molar refractivity (Wildman–Crippen MR) is 183 cm³/mol. The molecule has 0 bridgehead atoms. The number of halogens is 2. The Bertz CT molecular complexity index is 1230. The van der Waals surface area contributed by atoms with Gasteiger partial charge in [-0.1, -0.05) is 71.9 Å². The fraction of sp³-hybridized carbons (Fsp3) is 0.722. The van der Waals surface area contributed by atoms with Crippen LogP contribution in [0.25, 0.3) is 0 Å². The molecule has 11 nitrogen and oxygen atoms in total. The smallest absolute Gasteiger partial charge is 0.335 e. The molecule has 1 aliphatic rings. The summed E-state index contributed by atoms with van der Waals surface area (Å²) in [5.41, 5.74) is 5.40. The number of amides is 3. The number of rotatable bonds is 17. The molecule has 1 aliphatic carbocycles. The number of nitrogens with two attached hydrogens (primary N) is 1. The Morgan fingerprint density at radius 1 is 0.939 bits per heavy atom. The van der Waals surface area contributed by atoms with Gasteiger partial charge in [0.25, 0.3) is 0 Å². The summed E-state index contributed by atoms with van der Waals surface area (Å²) in [5.74, 6) is -7.90. The minimum absolute atomic E-state index is 0.00641. The minimum Gasteiger partial charge on any atom is -0.497 e. The number of nitrogens with one attached hydrogen (secondary N) is 3.